The van der Waals surface area contributed by atoms with Gasteiger partial charge in [0.1, 0.15) is 0 Å². The van der Waals surface area contributed by atoms with Gasteiger partial charge in [-0.25, -0.2) is 0 Å². The van der Waals surface area contributed by atoms with Gasteiger partial charge in [-0.05, 0) is 18.1 Å². The second-order valence-electron chi connectivity index (χ2n) is 3.99. The molecule has 4 heteroatoms. The molecule has 0 spiro atoms. The molecule has 1 amide bonds. The van der Waals surface area contributed by atoms with E-state index in [1.807, 2.05) is 31.2 Å². The molecule has 0 bridgehead atoms. The fourth-order valence-electron chi connectivity index (χ4n) is 1.39. The van der Waals surface area contributed by atoms with Crippen LogP contribution < -0.4 is 5.32 Å². The Hall–Kier alpha value is -1.39. The van der Waals surface area contributed by atoms with Crippen molar-refractivity contribution in [2.45, 2.75) is 20.1 Å². The lowest BCUT2D eigenvalue weighted by atomic mass is 10.1. The van der Waals surface area contributed by atoms with Crippen molar-refractivity contribution in [2.75, 3.05) is 20.1 Å². The number of carbonyl (C=O) groups is 1. The minimum absolute atomic E-state index is 0.0630. The van der Waals surface area contributed by atoms with Gasteiger partial charge >= 0.3 is 0 Å². The maximum atomic E-state index is 11.5. The molecule has 94 valence electrons. The van der Waals surface area contributed by atoms with Crippen molar-refractivity contribution in [3.63, 3.8) is 0 Å². The number of benzene rings is 1. The molecule has 2 N–H and O–H groups in total. The van der Waals surface area contributed by atoms with E-state index in [0.29, 0.717) is 13.1 Å². The maximum absolute atomic E-state index is 11.5. The van der Waals surface area contributed by atoms with Crippen LogP contribution in [0, 0.1) is 0 Å². The van der Waals surface area contributed by atoms with E-state index in [4.69, 9.17) is 5.11 Å². The van der Waals surface area contributed by atoms with E-state index >= 15 is 0 Å². The zero-order valence-corrected chi connectivity index (χ0v) is 10.4. The molecule has 0 aromatic heterocycles. The van der Waals surface area contributed by atoms with E-state index in [1.54, 1.807) is 11.9 Å². The summed E-state index contributed by atoms with van der Waals surface area (Å²) in [6.07, 6.45) is 0. The van der Waals surface area contributed by atoms with Crippen molar-refractivity contribution in [1.29, 1.82) is 0 Å². The Morgan fingerprint density at radius 2 is 1.88 bits per heavy atom. The van der Waals surface area contributed by atoms with Crippen LogP contribution in [0.4, 0.5) is 0 Å². The molecule has 0 aliphatic rings. The van der Waals surface area contributed by atoms with Crippen LogP contribution >= 0.6 is 0 Å². The van der Waals surface area contributed by atoms with Crippen molar-refractivity contribution in [3.05, 3.63) is 35.4 Å². The van der Waals surface area contributed by atoms with Gasteiger partial charge in [0.25, 0.3) is 0 Å². The number of aliphatic hydroxyl groups is 1. The van der Waals surface area contributed by atoms with Gasteiger partial charge in [-0.1, -0.05) is 24.3 Å². The van der Waals surface area contributed by atoms with Crippen LogP contribution in [0.1, 0.15) is 18.1 Å². The minimum atomic E-state index is 0.0630. The van der Waals surface area contributed by atoms with Crippen molar-refractivity contribution in [3.8, 4) is 0 Å². The normalized spacial score (nSPS) is 10.3. The zero-order chi connectivity index (χ0) is 12.7. The van der Waals surface area contributed by atoms with E-state index < -0.39 is 0 Å². The molecule has 0 aliphatic heterocycles. The topological polar surface area (TPSA) is 52.6 Å². The maximum Gasteiger partial charge on any atom is 0.236 e. The molecule has 0 unspecified atom stereocenters. The fraction of sp³-hybridized carbons (Fsp3) is 0.462. The quantitative estimate of drug-likeness (QED) is 0.766. The van der Waals surface area contributed by atoms with Crippen LogP contribution in [0.15, 0.2) is 24.3 Å². The van der Waals surface area contributed by atoms with Gasteiger partial charge in [0.05, 0.1) is 13.2 Å². The number of hydrogen-bond acceptors (Lipinski definition) is 3. The number of rotatable bonds is 6. The SMILES string of the molecule is CCN(C)C(=O)CNCc1ccc(CO)cc1. The summed E-state index contributed by atoms with van der Waals surface area (Å²) in [5.41, 5.74) is 2.00. The van der Waals surface area contributed by atoms with E-state index in [-0.39, 0.29) is 12.5 Å². The summed E-state index contributed by atoms with van der Waals surface area (Å²) in [4.78, 5) is 13.2. The number of likely N-dealkylation sites (N-methyl/N-ethyl adjacent to an activating group) is 1. The minimum Gasteiger partial charge on any atom is -0.392 e. The lowest BCUT2D eigenvalue weighted by Crippen LogP contribution is -2.35. The summed E-state index contributed by atoms with van der Waals surface area (Å²) in [5.74, 6) is 0.0967. The van der Waals surface area contributed by atoms with E-state index in [0.717, 1.165) is 17.7 Å². The molecule has 1 rings (SSSR count). The first-order chi connectivity index (χ1) is 8.17. The molecule has 0 saturated carbocycles. The van der Waals surface area contributed by atoms with E-state index in [9.17, 15) is 4.79 Å². The third-order valence-electron chi connectivity index (χ3n) is 2.71. The van der Waals surface area contributed by atoms with Gasteiger partial charge in [-0.2, -0.15) is 0 Å². The number of aliphatic hydroxyl groups excluding tert-OH is 1. The largest absolute Gasteiger partial charge is 0.392 e. The lowest BCUT2D eigenvalue weighted by molar-refractivity contribution is -0.128. The molecular weight excluding hydrogens is 216 g/mol. The van der Waals surface area contributed by atoms with Crippen LogP contribution in [0.5, 0.6) is 0 Å². The van der Waals surface area contributed by atoms with E-state index in [1.165, 1.54) is 0 Å². The third kappa shape index (κ3) is 4.54. The summed E-state index contributed by atoms with van der Waals surface area (Å²) in [5, 5.41) is 12.0. The van der Waals surface area contributed by atoms with Crippen molar-refractivity contribution in [2.24, 2.45) is 0 Å². The van der Waals surface area contributed by atoms with Crippen molar-refractivity contribution >= 4 is 5.91 Å². The molecule has 0 fully saturated rings. The van der Waals surface area contributed by atoms with Gasteiger partial charge in [0, 0.05) is 20.1 Å². The standard InChI is InChI=1S/C13H20N2O2/c1-3-15(2)13(17)9-14-8-11-4-6-12(10-16)7-5-11/h4-7,14,16H,3,8-10H2,1-2H3. The Morgan fingerprint density at radius 1 is 1.29 bits per heavy atom. The predicted molar refractivity (Wildman–Crippen MR) is 67.4 cm³/mol. The Kier molecular flexibility index (Phi) is 5.66. The number of nitrogens with zero attached hydrogens (tertiary/aromatic N) is 1. The summed E-state index contributed by atoms with van der Waals surface area (Å²) >= 11 is 0. The Morgan fingerprint density at radius 3 is 2.41 bits per heavy atom. The lowest BCUT2D eigenvalue weighted by Gasteiger charge is -2.14. The second-order valence-corrected chi connectivity index (χ2v) is 3.99. The first-order valence-corrected chi connectivity index (χ1v) is 5.80. The molecule has 0 atom stereocenters. The molecule has 0 heterocycles. The monoisotopic (exact) mass is 236 g/mol. The molecule has 0 radical (unpaired) electrons. The Bertz CT molecular complexity index is 349. The van der Waals surface area contributed by atoms with Crippen molar-refractivity contribution in [1.82, 2.24) is 10.2 Å². The third-order valence-corrected chi connectivity index (χ3v) is 2.71. The fourth-order valence-corrected chi connectivity index (χ4v) is 1.39. The van der Waals surface area contributed by atoms with Crippen LogP contribution in [-0.4, -0.2) is 36.1 Å². The van der Waals surface area contributed by atoms with Gasteiger partial charge in [0.15, 0.2) is 0 Å². The van der Waals surface area contributed by atoms with Gasteiger partial charge in [-0.15, -0.1) is 0 Å². The van der Waals surface area contributed by atoms with Crippen LogP contribution in [0.3, 0.4) is 0 Å². The highest BCUT2D eigenvalue weighted by Gasteiger charge is 2.04. The molecule has 0 aliphatic carbocycles. The predicted octanol–water partition coefficient (Wildman–Crippen LogP) is 0.747. The Balaban J connectivity index is 2.33. The first kappa shape index (κ1) is 13.7. The summed E-state index contributed by atoms with van der Waals surface area (Å²) in [6, 6.07) is 7.67. The highest BCUT2D eigenvalue weighted by Crippen LogP contribution is 2.03. The number of carbonyl (C=O) groups excluding carboxylic acids is 1. The number of nitrogens with one attached hydrogen (secondary N) is 1. The molecule has 1 aromatic rings. The number of hydrogen-bond donors (Lipinski definition) is 2. The average molecular weight is 236 g/mol. The highest BCUT2D eigenvalue weighted by molar-refractivity contribution is 5.77. The first-order valence-electron chi connectivity index (χ1n) is 5.80. The molecule has 0 saturated heterocycles. The molecular formula is C13H20N2O2. The van der Waals surface area contributed by atoms with Crippen LogP contribution in [0.25, 0.3) is 0 Å². The Labute approximate surface area is 102 Å². The van der Waals surface area contributed by atoms with Crippen LogP contribution in [0.2, 0.25) is 0 Å². The van der Waals surface area contributed by atoms with E-state index in [2.05, 4.69) is 5.32 Å². The number of amides is 1. The van der Waals surface area contributed by atoms with Gasteiger partial charge in [0.2, 0.25) is 5.91 Å². The summed E-state index contributed by atoms with van der Waals surface area (Å²) < 4.78 is 0. The molecule has 1 aromatic carbocycles. The zero-order valence-electron chi connectivity index (χ0n) is 10.4. The molecule has 17 heavy (non-hydrogen) atoms. The molecule has 4 nitrogen and oxygen atoms in total. The van der Waals surface area contributed by atoms with Crippen molar-refractivity contribution < 1.29 is 9.90 Å². The second kappa shape index (κ2) is 7.04. The van der Waals surface area contributed by atoms with Gasteiger partial charge < -0.3 is 15.3 Å². The average Bonchev–Trinajstić information content (AvgIpc) is 2.38. The summed E-state index contributed by atoms with van der Waals surface area (Å²) in [7, 11) is 1.79. The smallest absolute Gasteiger partial charge is 0.236 e. The highest BCUT2D eigenvalue weighted by atomic mass is 16.3. The van der Waals surface area contributed by atoms with Gasteiger partial charge in [-0.3, -0.25) is 4.79 Å². The van der Waals surface area contributed by atoms with Crippen LogP contribution in [-0.2, 0) is 17.9 Å². The summed E-state index contributed by atoms with van der Waals surface area (Å²) in [6.45, 7) is 3.76.